The van der Waals surface area contributed by atoms with Crippen molar-refractivity contribution in [3.05, 3.63) is 76.9 Å². The first-order chi connectivity index (χ1) is 9.34. The molecule has 0 aliphatic heterocycles. The molecule has 92 valence electrons. The third kappa shape index (κ3) is 1.53. The molecule has 0 bridgehead atoms. The van der Waals surface area contributed by atoms with Crippen LogP contribution in [0.15, 0.2) is 54.6 Å². The minimum atomic E-state index is 1.08. The van der Waals surface area contributed by atoms with E-state index in [-0.39, 0.29) is 0 Å². The first-order valence-electron chi connectivity index (χ1n) is 6.91. The number of hydrogen-bond acceptors (Lipinski definition) is 0. The summed E-state index contributed by atoms with van der Waals surface area (Å²) in [7, 11) is 0. The predicted octanol–water partition coefficient (Wildman–Crippen LogP) is 4.91. The lowest BCUT2D eigenvalue weighted by atomic mass is 9.92. The van der Waals surface area contributed by atoms with E-state index in [9.17, 15) is 0 Å². The Balaban J connectivity index is 1.89. The summed E-state index contributed by atoms with van der Waals surface area (Å²) in [4.78, 5) is 0. The van der Waals surface area contributed by atoms with Crippen molar-refractivity contribution in [2.75, 3.05) is 0 Å². The van der Waals surface area contributed by atoms with Gasteiger partial charge in [-0.1, -0.05) is 54.6 Å². The number of fused-ring (bicyclic) bond motifs is 3. The molecule has 0 amide bonds. The van der Waals surface area contributed by atoms with E-state index in [4.69, 9.17) is 0 Å². The Morgan fingerprint density at radius 1 is 0.895 bits per heavy atom. The van der Waals surface area contributed by atoms with Crippen molar-refractivity contribution < 1.29 is 0 Å². The zero-order valence-electron chi connectivity index (χ0n) is 11.1. The highest BCUT2D eigenvalue weighted by molar-refractivity contribution is 5.82. The zero-order chi connectivity index (χ0) is 12.8. The fraction of sp³-hybridized carbons (Fsp3) is 0.158. The van der Waals surface area contributed by atoms with Gasteiger partial charge in [-0.2, -0.15) is 0 Å². The predicted molar refractivity (Wildman–Crippen MR) is 81.2 cm³/mol. The van der Waals surface area contributed by atoms with Gasteiger partial charge in [0.1, 0.15) is 0 Å². The molecular formula is C19H16. The SMILES string of the molecule is Cc1c(C2=CC=CC2)ccc2c1Cc1ccccc1-2. The largest absolute Gasteiger partial charge is 0.0801 e. The van der Waals surface area contributed by atoms with Crippen LogP contribution in [0.1, 0.15) is 28.7 Å². The second-order valence-corrected chi connectivity index (χ2v) is 5.42. The second kappa shape index (κ2) is 3.96. The summed E-state index contributed by atoms with van der Waals surface area (Å²) < 4.78 is 0. The molecule has 0 saturated heterocycles. The lowest BCUT2D eigenvalue weighted by molar-refractivity contribution is 1.20. The Bertz CT molecular complexity index is 730. The van der Waals surface area contributed by atoms with Crippen molar-refractivity contribution in [2.45, 2.75) is 19.8 Å². The van der Waals surface area contributed by atoms with E-state index in [0.29, 0.717) is 0 Å². The lowest BCUT2D eigenvalue weighted by Gasteiger charge is -2.12. The van der Waals surface area contributed by atoms with Crippen LogP contribution in [-0.4, -0.2) is 0 Å². The van der Waals surface area contributed by atoms with E-state index in [1.165, 1.54) is 39.0 Å². The highest BCUT2D eigenvalue weighted by atomic mass is 14.3. The molecule has 0 unspecified atom stereocenters. The third-order valence-electron chi connectivity index (χ3n) is 4.39. The van der Waals surface area contributed by atoms with E-state index in [1.807, 2.05) is 0 Å². The Morgan fingerprint density at radius 3 is 2.58 bits per heavy atom. The van der Waals surface area contributed by atoms with Gasteiger partial charge in [0, 0.05) is 0 Å². The van der Waals surface area contributed by atoms with Crippen molar-refractivity contribution in [2.24, 2.45) is 0 Å². The standard InChI is InChI=1S/C19H16/c1-13-16(14-6-2-3-7-14)10-11-18-17-9-5-4-8-15(17)12-19(13)18/h2-6,8-11H,7,12H2,1H3. The average molecular weight is 244 g/mol. The maximum Gasteiger partial charge on any atom is -0.00106 e. The quantitative estimate of drug-likeness (QED) is 0.570. The maximum atomic E-state index is 2.31. The summed E-state index contributed by atoms with van der Waals surface area (Å²) in [6, 6.07) is 13.4. The van der Waals surface area contributed by atoms with Crippen LogP contribution < -0.4 is 0 Å². The van der Waals surface area contributed by atoms with E-state index in [2.05, 4.69) is 61.5 Å². The molecule has 4 rings (SSSR count). The smallest absolute Gasteiger partial charge is 0.00106 e. The molecule has 0 N–H and O–H groups in total. The molecule has 2 aromatic carbocycles. The summed E-state index contributed by atoms with van der Waals surface area (Å²) in [5, 5.41) is 0. The van der Waals surface area contributed by atoms with Crippen molar-refractivity contribution in [3.63, 3.8) is 0 Å². The topological polar surface area (TPSA) is 0 Å². The van der Waals surface area contributed by atoms with Crippen molar-refractivity contribution in [1.29, 1.82) is 0 Å². The van der Waals surface area contributed by atoms with Crippen LogP contribution in [0.3, 0.4) is 0 Å². The minimum Gasteiger partial charge on any atom is -0.0801 e. The van der Waals surface area contributed by atoms with Crippen LogP contribution in [-0.2, 0) is 6.42 Å². The third-order valence-corrected chi connectivity index (χ3v) is 4.39. The van der Waals surface area contributed by atoms with E-state index in [0.717, 1.165) is 12.8 Å². The molecular weight excluding hydrogens is 228 g/mol. The van der Waals surface area contributed by atoms with Gasteiger partial charge in [0.2, 0.25) is 0 Å². The Hall–Kier alpha value is -2.08. The second-order valence-electron chi connectivity index (χ2n) is 5.42. The van der Waals surface area contributed by atoms with Gasteiger partial charge in [0.15, 0.2) is 0 Å². The van der Waals surface area contributed by atoms with Crippen LogP contribution in [0.2, 0.25) is 0 Å². The zero-order valence-corrected chi connectivity index (χ0v) is 11.1. The molecule has 0 aromatic heterocycles. The maximum absolute atomic E-state index is 2.31. The summed E-state index contributed by atoms with van der Waals surface area (Å²) >= 11 is 0. The van der Waals surface area contributed by atoms with Crippen molar-refractivity contribution in [1.82, 2.24) is 0 Å². The van der Waals surface area contributed by atoms with Gasteiger partial charge < -0.3 is 0 Å². The van der Waals surface area contributed by atoms with E-state index >= 15 is 0 Å². The van der Waals surface area contributed by atoms with Crippen molar-refractivity contribution >= 4 is 5.57 Å². The van der Waals surface area contributed by atoms with Gasteiger partial charge >= 0.3 is 0 Å². The molecule has 2 aliphatic rings. The van der Waals surface area contributed by atoms with Gasteiger partial charge in [-0.15, -0.1) is 0 Å². The first-order valence-corrected chi connectivity index (χ1v) is 6.91. The first kappa shape index (κ1) is 10.8. The molecule has 0 heterocycles. The highest BCUT2D eigenvalue weighted by Crippen LogP contribution is 2.40. The van der Waals surface area contributed by atoms with Crippen LogP contribution in [0.25, 0.3) is 16.7 Å². The van der Waals surface area contributed by atoms with Crippen LogP contribution in [0, 0.1) is 6.92 Å². The van der Waals surface area contributed by atoms with Gasteiger partial charge in [-0.05, 0) is 58.7 Å². The molecule has 0 nitrogen and oxygen atoms in total. The summed E-state index contributed by atoms with van der Waals surface area (Å²) in [6.45, 7) is 2.28. The Labute approximate surface area is 114 Å². The van der Waals surface area contributed by atoms with E-state index < -0.39 is 0 Å². The Morgan fingerprint density at radius 2 is 1.74 bits per heavy atom. The van der Waals surface area contributed by atoms with Gasteiger partial charge in [-0.3, -0.25) is 0 Å². The van der Waals surface area contributed by atoms with Crippen LogP contribution >= 0.6 is 0 Å². The number of hydrogen-bond donors (Lipinski definition) is 0. The van der Waals surface area contributed by atoms with E-state index in [1.54, 1.807) is 0 Å². The molecule has 0 fully saturated rings. The average Bonchev–Trinajstić information content (AvgIpc) is 3.06. The lowest BCUT2D eigenvalue weighted by Crippen LogP contribution is -1.93. The normalized spacial score (nSPS) is 15.3. The molecule has 0 radical (unpaired) electrons. The summed E-state index contributed by atoms with van der Waals surface area (Å²) in [5.41, 5.74) is 10.2. The van der Waals surface area contributed by atoms with Crippen molar-refractivity contribution in [3.8, 4) is 11.1 Å². The minimum absolute atomic E-state index is 1.08. The van der Waals surface area contributed by atoms with Crippen LogP contribution in [0.4, 0.5) is 0 Å². The molecule has 0 spiro atoms. The summed E-state index contributed by atoms with van der Waals surface area (Å²) in [5.74, 6) is 0. The molecule has 0 heteroatoms. The molecule has 0 saturated carbocycles. The van der Waals surface area contributed by atoms with Crippen LogP contribution in [0.5, 0.6) is 0 Å². The number of allylic oxidation sites excluding steroid dienone is 4. The number of rotatable bonds is 1. The summed E-state index contributed by atoms with van der Waals surface area (Å²) in [6.07, 6.45) is 8.81. The molecule has 2 aromatic rings. The highest BCUT2D eigenvalue weighted by Gasteiger charge is 2.21. The van der Waals surface area contributed by atoms with Gasteiger partial charge in [-0.25, -0.2) is 0 Å². The van der Waals surface area contributed by atoms with Gasteiger partial charge in [0.05, 0.1) is 0 Å². The van der Waals surface area contributed by atoms with Gasteiger partial charge in [0.25, 0.3) is 0 Å². The molecule has 0 atom stereocenters. The molecule has 2 aliphatic carbocycles. The monoisotopic (exact) mass is 244 g/mol. The number of benzene rings is 2. The Kier molecular flexibility index (Phi) is 2.25. The molecule has 19 heavy (non-hydrogen) atoms. The fourth-order valence-corrected chi connectivity index (χ4v) is 3.36. The fourth-order valence-electron chi connectivity index (χ4n) is 3.36.